The Morgan fingerprint density at radius 2 is 1.93 bits per heavy atom. The van der Waals surface area contributed by atoms with E-state index in [0.29, 0.717) is 31.1 Å². The van der Waals surface area contributed by atoms with E-state index >= 15 is 0 Å². The highest BCUT2D eigenvalue weighted by molar-refractivity contribution is 5.90. The molecule has 0 aromatic carbocycles. The molecule has 10 heteroatoms. The number of halogens is 2. The fourth-order valence-corrected chi connectivity index (χ4v) is 3.34. The third kappa shape index (κ3) is 4.91. The lowest BCUT2D eigenvalue weighted by Crippen LogP contribution is -2.58. The smallest absolute Gasteiger partial charge is 0.414 e. The molecule has 1 saturated heterocycles. The molecule has 1 saturated carbocycles. The summed E-state index contributed by atoms with van der Waals surface area (Å²) >= 11 is 0. The molecule has 0 radical (unpaired) electrons. The van der Waals surface area contributed by atoms with Gasteiger partial charge in [-0.2, -0.15) is 4.98 Å². The number of carbonyl (C=O) groups excluding carboxylic acids is 2. The minimum absolute atomic E-state index is 0.0349. The molecule has 8 nitrogen and oxygen atoms in total. The Bertz CT molecular complexity index is 789. The van der Waals surface area contributed by atoms with E-state index in [1.165, 1.54) is 18.0 Å². The monoisotopic (exact) mass is 426 g/mol. The lowest BCUT2D eigenvalue weighted by molar-refractivity contribution is -0.127. The molecule has 1 aromatic rings. The van der Waals surface area contributed by atoms with Crippen LogP contribution in [0.1, 0.15) is 39.5 Å². The second-order valence-electron chi connectivity index (χ2n) is 7.82. The van der Waals surface area contributed by atoms with Gasteiger partial charge in [-0.3, -0.25) is 4.79 Å². The number of hydrogen-bond donors (Lipinski definition) is 2. The highest BCUT2D eigenvalue weighted by Crippen LogP contribution is 2.38. The molecule has 2 amide bonds. The first-order valence-corrected chi connectivity index (χ1v) is 10.2. The van der Waals surface area contributed by atoms with Crippen molar-refractivity contribution in [1.29, 1.82) is 0 Å². The van der Waals surface area contributed by atoms with Gasteiger partial charge in [-0.1, -0.05) is 13.8 Å². The largest absolute Gasteiger partial charge is 0.476 e. The van der Waals surface area contributed by atoms with Crippen LogP contribution in [0.2, 0.25) is 0 Å². The van der Waals surface area contributed by atoms with Crippen molar-refractivity contribution in [1.82, 2.24) is 15.6 Å². The van der Waals surface area contributed by atoms with Gasteiger partial charge in [0.25, 0.3) is 5.92 Å². The quantitative estimate of drug-likeness (QED) is 0.631. The first-order valence-electron chi connectivity index (χ1n) is 10.2. The molecule has 1 aliphatic carbocycles. The van der Waals surface area contributed by atoms with Gasteiger partial charge in [0, 0.05) is 13.1 Å². The van der Waals surface area contributed by atoms with E-state index in [-0.39, 0.29) is 17.7 Å². The maximum absolute atomic E-state index is 13.3. The van der Waals surface area contributed by atoms with Crippen molar-refractivity contribution in [3.05, 3.63) is 12.1 Å². The van der Waals surface area contributed by atoms with Gasteiger partial charge in [0.05, 0.1) is 19.7 Å². The SMILES string of the molecule is CCC(CC)(NC(=O)Oc1ccc(N2CC(F)(F)C2)c(OCC2CC2)n1)C(=O)NC. The molecular weight excluding hydrogens is 398 g/mol. The van der Waals surface area contributed by atoms with Gasteiger partial charge in [0.2, 0.25) is 17.7 Å². The van der Waals surface area contributed by atoms with Crippen molar-refractivity contribution >= 4 is 17.7 Å². The molecule has 30 heavy (non-hydrogen) atoms. The number of likely N-dealkylation sites (N-methyl/N-ethyl adjacent to an activating group) is 1. The minimum atomic E-state index is -2.73. The van der Waals surface area contributed by atoms with Gasteiger partial charge < -0.3 is 25.0 Å². The fraction of sp³-hybridized carbons (Fsp3) is 0.650. The van der Waals surface area contributed by atoms with E-state index in [4.69, 9.17) is 9.47 Å². The maximum Gasteiger partial charge on any atom is 0.414 e. The molecule has 1 aromatic heterocycles. The number of rotatable bonds is 9. The number of amides is 2. The topological polar surface area (TPSA) is 92.8 Å². The first kappa shape index (κ1) is 22.0. The van der Waals surface area contributed by atoms with Crippen molar-refractivity contribution in [3.63, 3.8) is 0 Å². The number of alkyl halides is 2. The summed E-state index contributed by atoms with van der Waals surface area (Å²) in [6.07, 6.45) is 2.05. The Morgan fingerprint density at radius 3 is 2.47 bits per heavy atom. The van der Waals surface area contributed by atoms with Crippen LogP contribution in [0.4, 0.5) is 19.3 Å². The van der Waals surface area contributed by atoms with Crippen LogP contribution >= 0.6 is 0 Å². The molecule has 0 spiro atoms. The number of ether oxygens (including phenoxy) is 2. The third-order valence-corrected chi connectivity index (χ3v) is 5.56. The molecule has 0 atom stereocenters. The van der Waals surface area contributed by atoms with Gasteiger partial charge in [-0.15, -0.1) is 0 Å². The number of nitrogens with one attached hydrogen (secondary N) is 2. The zero-order valence-corrected chi connectivity index (χ0v) is 17.5. The Labute approximate surface area is 174 Å². The number of nitrogens with zero attached hydrogens (tertiary/aromatic N) is 2. The van der Waals surface area contributed by atoms with Gasteiger partial charge in [0.1, 0.15) is 11.2 Å². The Morgan fingerprint density at radius 1 is 1.27 bits per heavy atom. The van der Waals surface area contributed by atoms with Crippen LogP contribution in [-0.2, 0) is 4.79 Å². The number of aromatic nitrogens is 1. The Kier molecular flexibility index (Phi) is 6.33. The number of carbonyl (C=O) groups is 2. The molecule has 2 fully saturated rings. The first-order chi connectivity index (χ1) is 14.2. The minimum Gasteiger partial charge on any atom is -0.476 e. The van der Waals surface area contributed by atoms with Crippen molar-refractivity contribution in [2.24, 2.45) is 5.92 Å². The highest BCUT2D eigenvalue weighted by Gasteiger charge is 2.45. The Hall–Kier alpha value is -2.65. The maximum atomic E-state index is 13.3. The summed E-state index contributed by atoms with van der Waals surface area (Å²) < 4.78 is 37.6. The fourth-order valence-electron chi connectivity index (χ4n) is 3.34. The van der Waals surface area contributed by atoms with E-state index in [0.717, 1.165) is 12.8 Å². The lowest BCUT2D eigenvalue weighted by Gasteiger charge is -2.40. The van der Waals surface area contributed by atoms with E-state index < -0.39 is 30.6 Å². The van der Waals surface area contributed by atoms with Crippen molar-refractivity contribution in [2.75, 3.05) is 31.6 Å². The van der Waals surface area contributed by atoms with Gasteiger partial charge in [-0.05, 0) is 37.7 Å². The molecular formula is C20H28F2N4O4. The molecule has 2 N–H and O–H groups in total. The second kappa shape index (κ2) is 8.61. The summed E-state index contributed by atoms with van der Waals surface area (Å²) in [7, 11) is 1.50. The second-order valence-corrected chi connectivity index (χ2v) is 7.82. The normalized spacial score (nSPS) is 17.7. The molecule has 0 bridgehead atoms. The highest BCUT2D eigenvalue weighted by atomic mass is 19.3. The van der Waals surface area contributed by atoms with Crippen molar-refractivity contribution in [3.8, 4) is 11.8 Å². The summed E-state index contributed by atoms with van der Waals surface area (Å²) in [5.74, 6) is -2.49. The zero-order valence-electron chi connectivity index (χ0n) is 17.5. The van der Waals surface area contributed by atoms with Crippen LogP contribution in [0.3, 0.4) is 0 Å². The van der Waals surface area contributed by atoms with E-state index in [1.807, 2.05) is 0 Å². The molecule has 2 aliphatic rings. The molecule has 3 rings (SSSR count). The van der Waals surface area contributed by atoms with E-state index in [9.17, 15) is 18.4 Å². The molecule has 166 valence electrons. The Balaban J connectivity index is 1.72. The number of pyridine rings is 1. The molecule has 0 unspecified atom stereocenters. The lowest BCUT2D eigenvalue weighted by atomic mass is 9.92. The molecule has 2 heterocycles. The summed E-state index contributed by atoms with van der Waals surface area (Å²) in [6.45, 7) is 3.20. The predicted molar refractivity (Wildman–Crippen MR) is 106 cm³/mol. The van der Waals surface area contributed by atoms with Gasteiger partial charge in [0.15, 0.2) is 0 Å². The van der Waals surface area contributed by atoms with Crippen LogP contribution in [0.15, 0.2) is 12.1 Å². The predicted octanol–water partition coefficient (Wildman–Crippen LogP) is 2.72. The summed E-state index contributed by atoms with van der Waals surface area (Å²) in [4.78, 5) is 30.3. The standard InChI is InChI=1S/C20H28F2N4O4/c1-4-19(5-2,17(27)23-3)25-18(28)30-15-9-8-14(26-11-20(21,22)12-26)16(24-15)29-10-13-6-7-13/h8-9,13H,4-7,10-12H2,1-3H3,(H,23,27)(H,25,28). The van der Waals surface area contributed by atoms with Crippen LogP contribution in [0.5, 0.6) is 11.8 Å². The summed E-state index contributed by atoms with van der Waals surface area (Å²) in [6, 6.07) is 2.98. The van der Waals surface area contributed by atoms with Gasteiger partial charge in [-0.25, -0.2) is 13.6 Å². The average molecular weight is 426 g/mol. The molecule has 1 aliphatic heterocycles. The summed E-state index contributed by atoms with van der Waals surface area (Å²) in [5.41, 5.74) is -0.656. The van der Waals surface area contributed by atoms with Crippen LogP contribution in [0.25, 0.3) is 0 Å². The number of hydrogen-bond acceptors (Lipinski definition) is 6. The average Bonchev–Trinajstić information content (AvgIpc) is 3.52. The van der Waals surface area contributed by atoms with Crippen LogP contribution in [0, 0.1) is 5.92 Å². The van der Waals surface area contributed by atoms with Gasteiger partial charge >= 0.3 is 6.09 Å². The third-order valence-electron chi connectivity index (χ3n) is 5.56. The number of anilines is 1. The van der Waals surface area contributed by atoms with E-state index in [2.05, 4.69) is 15.6 Å². The zero-order chi connectivity index (χ0) is 21.9. The van der Waals surface area contributed by atoms with E-state index in [1.54, 1.807) is 19.9 Å². The van der Waals surface area contributed by atoms with Crippen molar-refractivity contribution in [2.45, 2.75) is 51.0 Å². The van der Waals surface area contributed by atoms with Crippen LogP contribution < -0.4 is 25.0 Å². The summed E-state index contributed by atoms with van der Waals surface area (Å²) in [5, 5.41) is 5.16. The van der Waals surface area contributed by atoms with Crippen molar-refractivity contribution < 1.29 is 27.8 Å². The van der Waals surface area contributed by atoms with Crippen LogP contribution in [-0.4, -0.2) is 55.2 Å².